The average molecular weight is 415 g/mol. The van der Waals surface area contributed by atoms with Gasteiger partial charge in [0.05, 0.1) is 11.1 Å². The Balaban J connectivity index is 1.73. The second-order valence-electron chi connectivity index (χ2n) is 7.56. The minimum atomic E-state index is -4.56. The Hall–Kier alpha value is -3.16. The van der Waals surface area contributed by atoms with Gasteiger partial charge in [-0.05, 0) is 61.6 Å². The highest BCUT2D eigenvalue weighted by Crippen LogP contribution is 2.36. The number of carbonyl (C=O) groups is 1. The molecule has 5 nitrogen and oxygen atoms in total. The van der Waals surface area contributed by atoms with E-state index < -0.39 is 23.1 Å². The second kappa shape index (κ2) is 7.59. The van der Waals surface area contributed by atoms with Gasteiger partial charge in [0.2, 0.25) is 5.43 Å². The molecule has 3 aromatic rings. The number of rotatable bonds is 4. The number of aromatic nitrogens is 2. The molecule has 1 atom stereocenters. The lowest BCUT2D eigenvalue weighted by Gasteiger charge is -2.27. The first-order chi connectivity index (χ1) is 14.3. The molecule has 4 rings (SSSR count). The van der Waals surface area contributed by atoms with E-state index >= 15 is 0 Å². The van der Waals surface area contributed by atoms with Gasteiger partial charge in [0.1, 0.15) is 5.56 Å². The number of nitrogens with zero attached hydrogens (tertiary/aromatic N) is 2. The van der Waals surface area contributed by atoms with Gasteiger partial charge in [-0.1, -0.05) is 0 Å². The predicted octanol–water partition coefficient (Wildman–Crippen LogP) is 3.90. The van der Waals surface area contributed by atoms with Crippen LogP contribution in [0.3, 0.4) is 0 Å². The molecule has 2 aromatic heterocycles. The Bertz CT molecular complexity index is 1170. The third-order valence-electron chi connectivity index (χ3n) is 5.53. The number of hydrogen-bond donors (Lipinski definition) is 1. The van der Waals surface area contributed by atoms with Gasteiger partial charge < -0.3 is 9.88 Å². The summed E-state index contributed by atoms with van der Waals surface area (Å²) in [5.41, 5.74) is 0.266. The predicted molar refractivity (Wildman–Crippen MR) is 107 cm³/mol. The molecule has 0 radical (unpaired) electrons. The van der Waals surface area contributed by atoms with Gasteiger partial charge in [-0.25, -0.2) is 0 Å². The van der Waals surface area contributed by atoms with Crippen LogP contribution in [-0.2, 0) is 19.0 Å². The molecular weight excluding hydrogens is 395 g/mol. The van der Waals surface area contributed by atoms with Gasteiger partial charge in [0.25, 0.3) is 5.91 Å². The molecule has 156 valence electrons. The number of alkyl halides is 3. The molecule has 1 unspecified atom stereocenters. The molecule has 0 bridgehead atoms. The van der Waals surface area contributed by atoms with Crippen molar-refractivity contribution in [1.82, 2.24) is 14.9 Å². The maximum atomic E-state index is 13.4. The fourth-order valence-corrected chi connectivity index (χ4v) is 3.91. The van der Waals surface area contributed by atoms with Crippen LogP contribution < -0.4 is 10.7 Å². The quantitative estimate of drug-likeness (QED) is 0.703. The van der Waals surface area contributed by atoms with Crippen LogP contribution in [0.1, 0.15) is 46.4 Å². The Morgan fingerprint density at radius 2 is 2.00 bits per heavy atom. The molecule has 3 heterocycles. The van der Waals surface area contributed by atoms with Crippen molar-refractivity contribution in [2.75, 3.05) is 6.54 Å². The lowest BCUT2D eigenvalue weighted by molar-refractivity contribution is -0.137. The molecular formula is C22H20F3N3O2. The molecule has 0 aliphatic carbocycles. The highest BCUT2D eigenvalue weighted by atomic mass is 19.4. The summed E-state index contributed by atoms with van der Waals surface area (Å²) in [7, 11) is 0. The number of carbonyl (C=O) groups excluding carboxylic acids is 1. The molecule has 8 heteroatoms. The molecule has 1 N–H and O–H groups in total. The zero-order chi connectivity index (χ0) is 21.5. The third kappa shape index (κ3) is 3.69. The highest BCUT2D eigenvalue weighted by Gasteiger charge is 2.33. The summed E-state index contributed by atoms with van der Waals surface area (Å²) in [6.45, 7) is 2.22. The lowest BCUT2D eigenvalue weighted by Crippen LogP contribution is -2.32. The smallest absolute Gasteiger partial charge is 0.352 e. The van der Waals surface area contributed by atoms with Crippen LogP contribution in [0.15, 0.2) is 47.7 Å². The number of benzene rings is 1. The number of hydrogen-bond acceptors (Lipinski definition) is 3. The first-order valence-electron chi connectivity index (χ1n) is 9.72. The van der Waals surface area contributed by atoms with Crippen LogP contribution in [0.4, 0.5) is 13.2 Å². The first kappa shape index (κ1) is 20.1. The van der Waals surface area contributed by atoms with Crippen molar-refractivity contribution >= 4 is 16.8 Å². The van der Waals surface area contributed by atoms with Crippen LogP contribution in [0.25, 0.3) is 10.9 Å². The summed E-state index contributed by atoms with van der Waals surface area (Å²) in [5.74, 6) is -0.587. The summed E-state index contributed by atoms with van der Waals surface area (Å²) >= 11 is 0. The van der Waals surface area contributed by atoms with Crippen molar-refractivity contribution in [2.24, 2.45) is 0 Å². The standard InChI is InChI=1S/C22H20F3N3O2/c1-13-2-3-15-10-16(22(23,24)25)11-17-19(15)28(13)12-18(20(17)29)21(30)27-9-6-14-4-7-26-8-5-14/h4-5,7-8,10-13H,2-3,6,9H2,1H3,(H,27,30). The van der Waals surface area contributed by atoms with Crippen molar-refractivity contribution in [2.45, 2.75) is 38.4 Å². The number of pyridine rings is 2. The van der Waals surface area contributed by atoms with Gasteiger partial charge in [-0.3, -0.25) is 14.6 Å². The highest BCUT2D eigenvalue weighted by molar-refractivity contribution is 5.98. The average Bonchev–Trinajstić information content (AvgIpc) is 2.71. The number of nitrogens with one attached hydrogen (secondary N) is 1. The van der Waals surface area contributed by atoms with E-state index in [-0.39, 0.29) is 17.0 Å². The molecule has 1 aromatic carbocycles. The van der Waals surface area contributed by atoms with Crippen molar-refractivity contribution in [3.05, 3.63) is 75.3 Å². The largest absolute Gasteiger partial charge is 0.416 e. The molecule has 0 fully saturated rings. The normalized spacial score (nSPS) is 15.9. The van der Waals surface area contributed by atoms with Crippen LogP contribution in [-0.4, -0.2) is 22.0 Å². The Kier molecular flexibility index (Phi) is 5.09. The van der Waals surface area contributed by atoms with E-state index in [0.29, 0.717) is 36.9 Å². The zero-order valence-electron chi connectivity index (χ0n) is 16.3. The molecule has 0 spiro atoms. The van der Waals surface area contributed by atoms with E-state index in [9.17, 15) is 22.8 Å². The van der Waals surface area contributed by atoms with E-state index in [2.05, 4.69) is 10.3 Å². The Morgan fingerprint density at radius 1 is 1.27 bits per heavy atom. The third-order valence-corrected chi connectivity index (χ3v) is 5.53. The van der Waals surface area contributed by atoms with Gasteiger partial charge in [0, 0.05) is 36.6 Å². The van der Waals surface area contributed by atoms with Crippen LogP contribution in [0.5, 0.6) is 0 Å². The molecule has 1 amide bonds. The van der Waals surface area contributed by atoms with Gasteiger partial charge in [-0.15, -0.1) is 0 Å². The fourth-order valence-electron chi connectivity index (χ4n) is 3.91. The number of halogens is 3. The summed E-state index contributed by atoms with van der Waals surface area (Å²) in [4.78, 5) is 29.6. The lowest BCUT2D eigenvalue weighted by atomic mass is 9.93. The summed E-state index contributed by atoms with van der Waals surface area (Å²) in [6, 6.07) is 5.59. The van der Waals surface area contributed by atoms with E-state index in [0.717, 1.165) is 17.7 Å². The van der Waals surface area contributed by atoms with Gasteiger partial charge in [-0.2, -0.15) is 13.2 Å². The maximum absolute atomic E-state index is 13.4. The van der Waals surface area contributed by atoms with Crippen LogP contribution >= 0.6 is 0 Å². The SMILES string of the molecule is CC1CCc2cc(C(F)(F)F)cc3c(=O)c(C(=O)NCCc4ccncc4)cn1c23. The molecule has 0 saturated carbocycles. The monoisotopic (exact) mass is 415 g/mol. The van der Waals surface area contributed by atoms with Crippen molar-refractivity contribution < 1.29 is 18.0 Å². The minimum Gasteiger partial charge on any atom is -0.352 e. The van der Waals surface area contributed by atoms with E-state index in [1.165, 1.54) is 6.20 Å². The Morgan fingerprint density at radius 3 is 2.70 bits per heavy atom. The van der Waals surface area contributed by atoms with Gasteiger partial charge in [0.15, 0.2) is 0 Å². The maximum Gasteiger partial charge on any atom is 0.416 e. The topological polar surface area (TPSA) is 64.0 Å². The number of amides is 1. The number of aryl methyl sites for hydroxylation is 1. The van der Waals surface area contributed by atoms with E-state index in [4.69, 9.17) is 0 Å². The first-order valence-corrected chi connectivity index (χ1v) is 9.72. The van der Waals surface area contributed by atoms with Crippen LogP contribution in [0.2, 0.25) is 0 Å². The van der Waals surface area contributed by atoms with Crippen molar-refractivity contribution in [3.8, 4) is 0 Å². The van der Waals surface area contributed by atoms with Crippen molar-refractivity contribution in [3.63, 3.8) is 0 Å². The van der Waals surface area contributed by atoms with Crippen LogP contribution in [0, 0.1) is 0 Å². The summed E-state index contributed by atoms with van der Waals surface area (Å²) in [6.07, 6.45) is 1.85. The summed E-state index contributed by atoms with van der Waals surface area (Å²) < 4.78 is 41.8. The second-order valence-corrected chi connectivity index (χ2v) is 7.56. The minimum absolute atomic E-state index is 0.0271. The zero-order valence-corrected chi connectivity index (χ0v) is 16.3. The molecule has 30 heavy (non-hydrogen) atoms. The van der Waals surface area contributed by atoms with Gasteiger partial charge >= 0.3 is 6.18 Å². The molecule has 0 saturated heterocycles. The Labute approximate surface area is 170 Å². The fraction of sp³-hybridized carbons (Fsp3) is 0.318. The van der Waals surface area contributed by atoms with Crippen molar-refractivity contribution in [1.29, 1.82) is 0 Å². The molecule has 1 aliphatic heterocycles. The molecule has 1 aliphatic rings. The van der Waals surface area contributed by atoms with E-state index in [1.54, 1.807) is 17.0 Å². The summed E-state index contributed by atoms with van der Waals surface area (Å²) in [5, 5.41) is 2.64. The van der Waals surface area contributed by atoms with E-state index in [1.807, 2.05) is 19.1 Å².